The van der Waals surface area contributed by atoms with Crippen LogP contribution in [0.2, 0.25) is 0 Å². The molecule has 1 atom stereocenters. The third-order valence-corrected chi connectivity index (χ3v) is 3.42. The maximum absolute atomic E-state index is 13.8. The zero-order valence-electron chi connectivity index (χ0n) is 14.0. The summed E-state index contributed by atoms with van der Waals surface area (Å²) in [6, 6.07) is 0. The number of carbonyl (C=O) groups is 1. The number of rotatable bonds is 8. The molecule has 0 spiro atoms. The number of ether oxygens (including phenoxy) is 1. The van der Waals surface area contributed by atoms with Crippen molar-refractivity contribution in [3.8, 4) is 0 Å². The topological polar surface area (TPSA) is 46.5 Å². The molecule has 0 radical (unpaired) electrons. The Morgan fingerprint density at radius 1 is 0.828 bits per heavy atom. The minimum Gasteiger partial charge on any atom is -0.463 e. The summed E-state index contributed by atoms with van der Waals surface area (Å²) in [4.78, 5) is 11.3. The highest BCUT2D eigenvalue weighted by molar-refractivity contribution is 5.89. The lowest BCUT2D eigenvalue weighted by Crippen LogP contribution is -2.71. The average Bonchev–Trinajstić information content (AvgIpc) is 2.53. The molecule has 0 heterocycles. The molecule has 0 rings (SSSR count). The zero-order chi connectivity index (χ0) is 23.9. The van der Waals surface area contributed by atoms with Crippen LogP contribution in [0, 0.1) is 0 Å². The third-order valence-electron chi connectivity index (χ3n) is 3.42. The molecular formula is C13H11F13O3. The summed E-state index contributed by atoms with van der Waals surface area (Å²) in [6.07, 6.45) is -11.8. The minimum atomic E-state index is -8.09. The van der Waals surface area contributed by atoms with Crippen molar-refractivity contribution in [2.24, 2.45) is 0 Å². The SMILES string of the molecule is C/C=C(\C(=O)OCC)C(O)C(F)(F)C(F)(F)C(F)(F)C(F)(F)C(F)(F)C(F)(F)F. The van der Waals surface area contributed by atoms with Gasteiger partial charge in [0, 0.05) is 0 Å². The van der Waals surface area contributed by atoms with Gasteiger partial charge >= 0.3 is 41.8 Å². The average molecular weight is 462 g/mol. The fourth-order valence-corrected chi connectivity index (χ4v) is 1.75. The Morgan fingerprint density at radius 3 is 1.52 bits per heavy atom. The van der Waals surface area contributed by atoms with Crippen LogP contribution in [0.5, 0.6) is 0 Å². The van der Waals surface area contributed by atoms with Gasteiger partial charge < -0.3 is 9.84 Å². The molecule has 0 bridgehead atoms. The number of esters is 1. The van der Waals surface area contributed by atoms with Gasteiger partial charge in [-0.3, -0.25) is 0 Å². The molecule has 3 nitrogen and oxygen atoms in total. The Kier molecular flexibility index (Phi) is 7.36. The quantitative estimate of drug-likeness (QED) is 0.326. The first-order valence-electron chi connectivity index (χ1n) is 7.06. The second kappa shape index (κ2) is 7.83. The molecule has 1 N–H and O–H groups in total. The highest BCUT2D eigenvalue weighted by Gasteiger charge is 2.91. The molecule has 172 valence electrons. The lowest BCUT2D eigenvalue weighted by molar-refractivity contribution is -0.443. The third kappa shape index (κ3) is 3.99. The summed E-state index contributed by atoms with van der Waals surface area (Å²) in [5.74, 6) is -40.6. The van der Waals surface area contributed by atoms with Crippen molar-refractivity contribution < 1.29 is 71.7 Å². The number of aliphatic hydroxyl groups excluding tert-OH is 1. The van der Waals surface area contributed by atoms with Gasteiger partial charge in [-0.2, -0.15) is 57.1 Å². The molecule has 0 aromatic carbocycles. The van der Waals surface area contributed by atoms with E-state index in [0.29, 0.717) is 6.92 Å². The lowest BCUT2D eigenvalue weighted by Gasteiger charge is -2.40. The van der Waals surface area contributed by atoms with E-state index in [1.165, 1.54) is 0 Å². The second-order valence-electron chi connectivity index (χ2n) is 5.29. The van der Waals surface area contributed by atoms with E-state index >= 15 is 0 Å². The van der Waals surface area contributed by atoms with Crippen LogP contribution in [-0.2, 0) is 9.53 Å². The molecule has 0 aliphatic rings. The van der Waals surface area contributed by atoms with Crippen molar-refractivity contribution in [1.82, 2.24) is 0 Å². The zero-order valence-corrected chi connectivity index (χ0v) is 14.0. The lowest BCUT2D eigenvalue weighted by atomic mass is 9.89. The first kappa shape index (κ1) is 27.3. The predicted octanol–water partition coefficient (Wildman–Crippen LogP) is 4.60. The van der Waals surface area contributed by atoms with Gasteiger partial charge in [-0.25, -0.2) is 4.79 Å². The molecule has 0 fully saturated rings. The molecule has 1 unspecified atom stereocenters. The predicted molar refractivity (Wildman–Crippen MR) is 67.2 cm³/mol. The maximum Gasteiger partial charge on any atom is 0.460 e. The van der Waals surface area contributed by atoms with E-state index < -0.39 is 60.0 Å². The number of carbonyl (C=O) groups excluding carboxylic acids is 1. The fourth-order valence-electron chi connectivity index (χ4n) is 1.75. The van der Waals surface area contributed by atoms with Gasteiger partial charge in [-0.05, 0) is 13.8 Å². The van der Waals surface area contributed by atoms with Gasteiger partial charge in [0.15, 0.2) is 6.10 Å². The van der Waals surface area contributed by atoms with Gasteiger partial charge in [0.1, 0.15) is 0 Å². The minimum absolute atomic E-state index is 0.118. The monoisotopic (exact) mass is 462 g/mol. The second-order valence-corrected chi connectivity index (χ2v) is 5.29. The van der Waals surface area contributed by atoms with Crippen LogP contribution in [0.3, 0.4) is 0 Å². The number of alkyl halides is 13. The molecule has 0 saturated heterocycles. The Labute approximate surface area is 153 Å². The summed E-state index contributed by atoms with van der Waals surface area (Å²) in [7, 11) is 0. The number of halogens is 13. The number of aliphatic hydroxyl groups is 1. The molecule has 0 aliphatic heterocycles. The van der Waals surface area contributed by atoms with Crippen LogP contribution in [0.25, 0.3) is 0 Å². The molecule has 16 heteroatoms. The van der Waals surface area contributed by atoms with E-state index in [2.05, 4.69) is 4.74 Å². The van der Waals surface area contributed by atoms with E-state index in [1.54, 1.807) is 0 Å². The van der Waals surface area contributed by atoms with Crippen LogP contribution < -0.4 is 0 Å². The summed E-state index contributed by atoms with van der Waals surface area (Å²) in [5, 5.41) is 9.17. The van der Waals surface area contributed by atoms with Crippen LogP contribution in [0.15, 0.2) is 11.6 Å². The van der Waals surface area contributed by atoms with Gasteiger partial charge in [0.05, 0.1) is 12.2 Å². The van der Waals surface area contributed by atoms with Gasteiger partial charge in [0.25, 0.3) is 0 Å². The van der Waals surface area contributed by atoms with Crippen LogP contribution >= 0.6 is 0 Å². The summed E-state index contributed by atoms with van der Waals surface area (Å²) in [5.41, 5.74) is -1.88. The molecular weight excluding hydrogens is 451 g/mol. The van der Waals surface area contributed by atoms with E-state index in [4.69, 9.17) is 0 Å². The van der Waals surface area contributed by atoms with Gasteiger partial charge in [0.2, 0.25) is 0 Å². The van der Waals surface area contributed by atoms with Gasteiger partial charge in [-0.15, -0.1) is 0 Å². The number of hydrogen-bond acceptors (Lipinski definition) is 3. The molecule has 0 aromatic rings. The Hall–Kier alpha value is -1.74. The molecule has 0 aromatic heterocycles. The summed E-state index contributed by atoms with van der Waals surface area (Å²) >= 11 is 0. The molecule has 0 saturated carbocycles. The van der Waals surface area contributed by atoms with E-state index in [1.807, 2.05) is 0 Å². The van der Waals surface area contributed by atoms with Crippen molar-refractivity contribution in [3.05, 3.63) is 11.6 Å². The highest BCUT2D eigenvalue weighted by Crippen LogP contribution is 2.60. The fraction of sp³-hybridized carbons (Fsp3) is 0.769. The van der Waals surface area contributed by atoms with E-state index in [9.17, 15) is 67.0 Å². The Balaban J connectivity index is 6.47. The van der Waals surface area contributed by atoms with Crippen molar-refractivity contribution in [2.75, 3.05) is 6.61 Å². The number of allylic oxidation sites excluding steroid dienone is 1. The van der Waals surface area contributed by atoms with Crippen LogP contribution in [0.4, 0.5) is 57.1 Å². The van der Waals surface area contributed by atoms with Crippen molar-refractivity contribution in [3.63, 3.8) is 0 Å². The number of hydrogen-bond donors (Lipinski definition) is 1. The first-order valence-corrected chi connectivity index (χ1v) is 7.06. The smallest absolute Gasteiger partial charge is 0.460 e. The molecule has 0 amide bonds. The summed E-state index contributed by atoms with van der Waals surface area (Å²) < 4.78 is 173. The maximum atomic E-state index is 13.8. The highest BCUT2D eigenvalue weighted by atomic mass is 19.4. The first-order chi connectivity index (χ1) is 12.6. The molecule has 0 aliphatic carbocycles. The normalized spacial score (nSPS) is 16.6. The van der Waals surface area contributed by atoms with E-state index in [-0.39, 0.29) is 6.08 Å². The van der Waals surface area contributed by atoms with Crippen molar-refractivity contribution in [1.29, 1.82) is 0 Å². The standard InChI is InChI=1S/C13H11F13O3/c1-3-5(7(28)29-4-2)6(27)8(14,15)9(16,17)10(18,19)11(20,21)12(22,23)13(24,25)26/h3,6,27H,4H2,1-2H3/b5-3-. The van der Waals surface area contributed by atoms with E-state index in [0.717, 1.165) is 6.92 Å². The van der Waals surface area contributed by atoms with Crippen LogP contribution in [0.1, 0.15) is 13.8 Å². The largest absolute Gasteiger partial charge is 0.463 e. The van der Waals surface area contributed by atoms with Crippen molar-refractivity contribution >= 4 is 5.97 Å². The summed E-state index contributed by atoms with van der Waals surface area (Å²) in [6.45, 7) is 1.02. The van der Waals surface area contributed by atoms with Crippen molar-refractivity contribution in [2.45, 2.75) is 55.7 Å². The van der Waals surface area contributed by atoms with Gasteiger partial charge in [-0.1, -0.05) is 6.08 Å². The molecule has 29 heavy (non-hydrogen) atoms. The Morgan fingerprint density at radius 2 is 1.21 bits per heavy atom. The van der Waals surface area contributed by atoms with Crippen LogP contribution in [-0.4, -0.2) is 59.6 Å². The Bertz CT molecular complexity index is 636.